The van der Waals surface area contributed by atoms with Crippen LogP contribution < -0.4 is 5.32 Å². The smallest absolute Gasteiger partial charge is 0.317 e. The highest BCUT2D eigenvalue weighted by Crippen LogP contribution is 2.21. The van der Waals surface area contributed by atoms with Gasteiger partial charge < -0.3 is 10.2 Å². The first-order valence-electron chi connectivity index (χ1n) is 5.69. The molecule has 3 heteroatoms. The summed E-state index contributed by atoms with van der Waals surface area (Å²) in [6.07, 6.45) is 3.29. The second kappa shape index (κ2) is 5.23. The molecule has 0 radical (unpaired) electrons. The fraction of sp³-hybridized carbons (Fsp3) is 0.909. The van der Waals surface area contributed by atoms with E-state index in [-0.39, 0.29) is 6.03 Å². The van der Waals surface area contributed by atoms with Crippen molar-refractivity contribution in [3.63, 3.8) is 0 Å². The number of piperidine rings is 1. The van der Waals surface area contributed by atoms with Crippen molar-refractivity contribution < 1.29 is 4.79 Å². The summed E-state index contributed by atoms with van der Waals surface area (Å²) < 4.78 is 0. The van der Waals surface area contributed by atoms with Gasteiger partial charge in [0.15, 0.2) is 0 Å². The third-order valence-electron chi connectivity index (χ3n) is 2.93. The molecule has 3 nitrogen and oxygen atoms in total. The van der Waals surface area contributed by atoms with Crippen molar-refractivity contribution >= 4 is 6.03 Å². The molecule has 1 saturated heterocycles. The molecule has 0 aromatic heterocycles. The van der Waals surface area contributed by atoms with E-state index in [9.17, 15) is 4.79 Å². The molecule has 1 rings (SSSR count). The zero-order valence-electron chi connectivity index (χ0n) is 9.55. The average molecular weight is 198 g/mol. The minimum Gasteiger partial charge on any atom is -0.338 e. The Morgan fingerprint density at radius 2 is 2.21 bits per heavy atom. The van der Waals surface area contributed by atoms with Gasteiger partial charge in [-0.2, -0.15) is 0 Å². The number of hydrogen-bond acceptors (Lipinski definition) is 1. The summed E-state index contributed by atoms with van der Waals surface area (Å²) in [5, 5.41) is 2.93. The molecule has 14 heavy (non-hydrogen) atoms. The Hall–Kier alpha value is -0.730. The van der Waals surface area contributed by atoms with Gasteiger partial charge in [-0.25, -0.2) is 4.79 Å². The van der Waals surface area contributed by atoms with E-state index in [0.717, 1.165) is 38.3 Å². The Kier molecular flexibility index (Phi) is 4.23. The molecule has 1 heterocycles. The lowest BCUT2D eigenvalue weighted by molar-refractivity contribution is 0.140. The third-order valence-corrected chi connectivity index (χ3v) is 2.93. The summed E-state index contributed by atoms with van der Waals surface area (Å²) in [5.41, 5.74) is 0. The third kappa shape index (κ3) is 2.89. The lowest BCUT2D eigenvalue weighted by atomic mass is 9.94. The molecular formula is C11H22N2O. The number of likely N-dealkylation sites (tertiary alicyclic amines) is 1. The largest absolute Gasteiger partial charge is 0.338 e. The van der Waals surface area contributed by atoms with Gasteiger partial charge in [0.25, 0.3) is 0 Å². The molecule has 0 bridgehead atoms. The van der Waals surface area contributed by atoms with E-state index in [4.69, 9.17) is 0 Å². The summed E-state index contributed by atoms with van der Waals surface area (Å²) in [6, 6.07) is 0.516. The van der Waals surface area contributed by atoms with Crippen LogP contribution in [0, 0.1) is 5.92 Å². The lowest BCUT2D eigenvalue weighted by Gasteiger charge is -2.36. The Labute approximate surface area is 86.9 Å². The van der Waals surface area contributed by atoms with Crippen LogP contribution in [0.2, 0.25) is 0 Å². The van der Waals surface area contributed by atoms with Crippen LogP contribution in [-0.2, 0) is 0 Å². The topological polar surface area (TPSA) is 32.3 Å². The highest BCUT2D eigenvalue weighted by molar-refractivity contribution is 5.74. The van der Waals surface area contributed by atoms with Crippen LogP contribution in [0.1, 0.15) is 40.0 Å². The lowest BCUT2D eigenvalue weighted by Crippen LogP contribution is -2.49. The van der Waals surface area contributed by atoms with Crippen LogP contribution in [-0.4, -0.2) is 30.1 Å². The zero-order valence-corrected chi connectivity index (χ0v) is 9.55. The molecule has 0 aliphatic carbocycles. The summed E-state index contributed by atoms with van der Waals surface area (Å²) in [4.78, 5) is 13.7. The molecule has 82 valence electrons. The van der Waals surface area contributed by atoms with Crippen molar-refractivity contribution in [3.8, 4) is 0 Å². The number of nitrogens with one attached hydrogen (secondary N) is 1. The maximum Gasteiger partial charge on any atom is 0.317 e. The SMILES string of the molecule is CCCNC(=O)N1CCC(C)CC1C. The van der Waals surface area contributed by atoms with Crippen molar-refractivity contribution in [2.24, 2.45) is 5.92 Å². The van der Waals surface area contributed by atoms with Crippen LogP contribution in [0.5, 0.6) is 0 Å². The summed E-state index contributed by atoms with van der Waals surface area (Å²) in [6.45, 7) is 8.18. The molecule has 0 saturated carbocycles. The van der Waals surface area contributed by atoms with Gasteiger partial charge in [0.05, 0.1) is 0 Å². The molecule has 2 unspecified atom stereocenters. The Balaban J connectivity index is 2.39. The van der Waals surface area contributed by atoms with Gasteiger partial charge in [-0.1, -0.05) is 13.8 Å². The van der Waals surface area contributed by atoms with Gasteiger partial charge in [0, 0.05) is 19.1 Å². The van der Waals surface area contributed by atoms with Crippen LogP contribution in [0.25, 0.3) is 0 Å². The quantitative estimate of drug-likeness (QED) is 0.725. The standard InChI is InChI=1S/C11H22N2O/c1-4-6-12-11(14)13-7-5-9(2)8-10(13)3/h9-10H,4-8H2,1-3H3,(H,12,14). The highest BCUT2D eigenvalue weighted by Gasteiger charge is 2.26. The normalized spacial score (nSPS) is 27.5. The molecule has 1 aliphatic heterocycles. The molecule has 2 atom stereocenters. The number of carbonyl (C=O) groups excluding carboxylic acids is 1. The minimum absolute atomic E-state index is 0.117. The summed E-state index contributed by atoms with van der Waals surface area (Å²) in [7, 11) is 0. The molecule has 1 N–H and O–H groups in total. The highest BCUT2D eigenvalue weighted by atomic mass is 16.2. The first kappa shape index (κ1) is 11.3. The van der Waals surface area contributed by atoms with E-state index in [2.05, 4.69) is 26.1 Å². The van der Waals surface area contributed by atoms with Crippen LogP contribution in [0.15, 0.2) is 0 Å². The summed E-state index contributed by atoms with van der Waals surface area (Å²) >= 11 is 0. The molecule has 0 aromatic rings. The van der Waals surface area contributed by atoms with Crippen molar-refractivity contribution in [2.75, 3.05) is 13.1 Å². The fourth-order valence-corrected chi connectivity index (χ4v) is 2.04. The van der Waals surface area contributed by atoms with Gasteiger partial charge in [-0.05, 0) is 32.1 Å². The second-order valence-electron chi connectivity index (χ2n) is 4.40. The number of amides is 2. The number of urea groups is 1. The van der Waals surface area contributed by atoms with E-state index in [1.54, 1.807) is 0 Å². The Morgan fingerprint density at radius 1 is 1.50 bits per heavy atom. The van der Waals surface area contributed by atoms with Crippen molar-refractivity contribution in [1.82, 2.24) is 10.2 Å². The molecule has 1 aliphatic rings. The van der Waals surface area contributed by atoms with Crippen molar-refractivity contribution in [2.45, 2.75) is 46.1 Å². The maximum atomic E-state index is 11.7. The monoisotopic (exact) mass is 198 g/mol. The fourth-order valence-electron chi connectivity index (χ4n) is 2.04. The van der Waals surface area contributed by atoms with Crippen LogP contribution in [0.4, 0.5) is 4.79 Å². The first-order valence-corrected chi connectivity index (χ1v) is 5.69. The van der Waals surface area contributed by atoms with Crippen LogP contribution in [0.3, 0.4) is 0 Å². The van der Waals surface area contributed by atoms with E-state index in [0.29, 0.717) is 6.04 Å². The van der Waals surface area contributed by atoms with Gasteiger partial charge in [0.1, 0.15) is 0 Å². The van der Waals surface area contributed by atoms with Gasteiger partial charge in [-0.15, -0.1) is 0 Å². The minimum atomic E-state index is 0.117. The maximum absolute atomic E-state index is 11.7. The number of carbonyl (C=O) groups is 1. The number of hydrogen-bond donors (Lipinski definition) is 1. The molecule has 0 spiro atoms. The second-order valence-corrected chi connectivity index (χ2v) is 4.40. The van der Waals surface area contributed by atoms with Crippen molar-refractivity contribution in [1.29, 1.82) is 0 Å². The van der Waals surface area contributed by atoms with Gasteiger partial charge in [0.2, 0.25) is 0 Å². The van der Waals surface area contributed by atoms with Gasteiger partial charge in [-0.3, -0.25) is 0 Å². The average Bonchev–Trinajstić information content (AvgIpc) is 2.14. The number of rotatable bonds is 2. The van der Waals surface area contributed by atoms with Gasteiger partial charge >= 0.3 is 6.03 Å². The Bertz CT molecular complexity index is 194. The predicted molar refractivity (Wildman–Crippen MR) is 58.3 cm³/mol. The first-order chi connectivity index (χ1) is 6.65. The van der Waals surface area contributed by atoms with E-state index in [1.165, 1.54) is 0 Å². The Morgan fingerprint density at radius 3 is 2.79 bits per heavy atom. The zero-order chi connectivity index (χ0) is 10.6. The van der Waals surface area contributed by atoms with E-state index >= 15 is 0 Å². The molecule has 2 amide bonds. The van der Waals surface area contributed by atoms with Crippen molar-refractivity contribution in [3.05, 3.63) is 0 Å². The van der Waals surface area contributed by atoms with E-state index < -0.39 is 0 Å². The molecular weight excluding hydrogens is 176 g/mol. The predicted octanol–water partition coefficient (Wildman–Crippen LogP) is 2.23. The molecule has 1 fully saturated rings. The summed E-state index contributed by atoms with van der Waals surface area (Å²) in [5.74, 6) is 0.764. The molecule has 0 aromatic carbocycles. The van der Waals surface area contributed by atoms with Crippen LogP contribution >= 0.6 is 0 Å². The van der Waals surface area contributed by atoms with E-state index in [1.807, 2.05) is 4.90 Å². The number of nitrogens with zero attached hydrogens (tertiary/aromatic N) is 1.